The number of nitrogens with zero attached hydrogens (tertiary/aromatic N) is 2. The summed E-state index contributed by atoms with van der Waals surface area (Å²) in [5.41, 5.74) is 3.54. The molecular formula is C23H18N4O4. The van der Waals surface area contributed by atoms with Crippen molar-refractivity contribution in [3.8, 4) is 23.0 Å². The van der Waals surface area contributed by atoms with Crippen LogP contribution in [0.3, 0.4) is 0 Å². The fourth-order valence-electron chi connectivity index (χ4n) is 4.04. The molecule has 6 rings (SSSR count). The van der Waals surface area contributed by atoms with Crippen molar-refractivity contribution in [3.05, 3.63) is 77.7 Å². The molecule has 2 aromatic heterocycles. The second-order valence-electron chi connectivity index (χ2n) is 7.42. The number of aromatic nitrogens is 2. The van der Waals surface area contributed by atoms with Gasteiger partial charge in [0.25, 0.3) is 5.91 Å². The molecule has 4 aromatic rings. The molecule has 4 heterocycles. The first kappa shape index (κ1) is 17.6. The van der Waals surface area contributed by atoms with Gasteiger partial charge in [0, 0.05) is 17.3 Å². The van der Waals surface area contributed by atoms with E-state index in [1.807, 2.05) is 61.5 Å². The average molecular weight is 414 g/mol. The molecule has 0 saturated heterocycles. The normalized spacial score (nSPS) is 16.9. The highest BCUT2D eigenvalue weighted by atomic mass is 16.7. The third kappa shape index (κ3) is 2.76. The number of para-hydroxylation sites is 1. The van der Waals surface area contributed by atoms with Crippen molar-refractivity contribution in [2.24, 2.45) is 0 Å². The van der Waals surface area contributed by atoms with Gasteiger partial charge >= 0.3 is 0 Å². The molecule has 0 bridgehead atoms. The smallest absolute Gasteiger partial charge is 0.262 e. The molecule has 0 spiro atoms. The van der Waals surface area contributed by atoms with Crippen LogP contribution in [0.4, 0.5) is 11.4 Å². The summed E-state index contributed by atoms with van der Waals surface area (Å²) in [5, 5.41) is 10.8. The number of fused-ring (bicyclic) bond motifs is 2. The van der Waals surface area contributed by atoms with Crippen LogP contribution in [-0.2, 0) is 0 Å². The van der Waals surface area contributed by atoms with Gasteiger partial charge in [-0.25, -0.2) is 0 Å². The largest absolute Gasteiger partial charge is 0.460 e. The molecule has 1 atom stereocenters. The van der Waals surface area contributed by atoms with Crippen molar-refractivity contribution in [2.75, 3.05) is 17.0 Å². The van der Waals surface area contributed by atoms with Crippen LogP contribution in [0.25, 0.3) is 11.5 Å². The topological polar surface area (TPSA) is 92.6 Å². The Labute approximate surface area is 177 Å². The fraction of sp³-hybridized carbons (Fsp3) is 0.130. The molecule has 2 aromatic carbocycles. The van der Waals surface area contributed by atoms with Crippen molar-refractivity contribution >= 4 is 17.3 Å². The van der Waals surface area contributed by atoms with Crippen molar-refractivity contribution in [1.82, 2.24) is 10.2 Å². The number of carbonyl (C=O) groups excluding carboxylic acids is 1. The minimum absolute atomic E-state index is 0.124. The zero-order chi connectivity index (χ0) is 20.9. The first-order valence-corrected chi connectivity index (χ1v) is 9.88. The van der Waals surface area contributed by atoms with Crippen LogP contribution in [0, 0.1) is 6.92 Å². The van der Waals surface area contributed by atoms with E-state index in [4.69, 9.17) is 13.9 Å². The molecule has 0 aliphatic carbocycles. The van der Waals surface area contributed by atoms with Crippen molar-refractivity contribution < 1.29 is 18.7 Å². The SMILES string of the molecule is Cc1ccc(-c2[nH]ncc2[C@H]2Nc3ccccc3C(=O)N2c2ccc3c(c2)OCO3)o1. The molecule has 2 N–H and O–H groups in total. The Morgan fingerprint density at radius 2 is 1.94 bits per heavy atom. The van der Waals surface area contributed by atoms with Gasteiger partial charge in [-0.2, -0.15) is 5.10 Å². The highest BCUT2D eigenvalue weighted by Crippen LogP contribution is 2.42. The first-order valence-electron chi connectivity index (χ1n) is 9.88. The van der Waals surface area contributed by atoms with E-state index in [2.05, 4.69) is 15.5 Å². The van der Waals surface area contributed by atoms with Crippen molar-refractivity contribution in [1.29, 1.82) is 0 Å². The summed E-state index contributed by atoms with van der Waals surface area (Å²) < 4.78 is 16.8. The Balaban J connectivity index is 1.51. The van der Waals surface area contributed by atoms with Gasteiger partial charge in [0.05, 0.1) is 17.4 Å². The standard InChI is InChI=1S/C23H18N4O4/c1-13-6-8-19(31-13)21-16(11-24-26-21)22-25-17-5-3-2-4-15(17)23(28)27(22)14-7-9-18-20(10-14)30-12-29-18/h2-11,22,25H,12H2,1H3,(H,24,26)/t22-/m0/s1. The summed E-state index contributed by atoms with van der Waals surface area (Å²) in [6.45, 7) is 2.05. The van der Waals surface area contributed by atoms with E-state index in [-0.39, 0.29) is 12.7 Å². The van der Waals surface area contributed by atoms with Crippen LogP contribution >= 0.6 is 0 Å². The van der Waals surface area contributed by atoms with Gasteiger partial charge in [0.15, 0.2) is 17.3 Å². The quantitative estimate of drug-likeness (QED) is 0.514. The maximum atomic E-state index is 13.6. The molecule has 1 amide bonds. The molecule has 8 nitrogen and oxygen atoms in total. The lowest BCUT2D eigenvalue weighted by Crippen LogP contribution is -2.43. The van der Waals surface area contributed by atoms with Gasteiger partial charge in [-0.1, -0.05) is 12.1 Å². The van der Waals surface area contributed by atoms with Gasteiger partial charge in [-0.05, 0) is 43.3 Å². The monoisotopic (exact) mass is 414 g/mol. The highest BCUT2D eigenvalue weighted by molar-refractivity contribution is 6.12. The summed E-state index contributed by atoms with van der Waals surface area (Å²) in [4.78, 5) is 15.3. The molecular weight excluding hydrogens is 396 g/mol. The lowest BCUT2D eigenvalue weighted by molar-refractivity contribution is 0.0975. The fourth-order valence-corrected chi connectivity index (χ4v) is 4.04. The second kappa shape index (κ2) is 6.66. The van der Waals surface area contributed by atoms with E-state index < -0.39 is 6.17 Å². The van der Waals surface area contributed by atoms with E-state index in [0.717, 1.165) is 17.0 Å². The summed E-state index contributed by atoms with van der Waals surface area (Å²) in [7, 11) is 0. The Hall–Kier alpha value is -4.20. The Kier molecular flexibility index (Phi) is 3.79. The Bertz CT molecular complexity index is 1310. The maximum absolute atomic E-state index is 13.6. The third-order valence-corrected chi connectivity index (χ3v) is 5.51. The molecule has 2 aliphatic rings. The number of rotatable bonds is 3. The molecule has 2 aliphatic heterocycles. The first-order chi connectivity index (χ1) is 15.2. The van der Waals surface area contributed by atoms with Crippen LogP contribution in [0.15, 0.2) is 65.2 Å². The van der Waals surface area contributed by atoms with Gasteiger partial charge in [-0.3, -0.25) is 14.8 Å². The van der Waals surface area contributed by atoms with Crippen LogP contribution < -0.4 is 19.7 Å². The van der Waals surface area contributed by atoms with Crippen LogP contribution in [0.2, 0.25) is 0 Å². The number of hydrogen-bond acceptors (Lipinski definition) is 6. The predicted molar refractivity (Wildman–Crippen MR) is 113 cm³/mol. The minimum atomic E-state index is -0.512. The highest BCUT2D eigenvalue weighted by Gasteiger charge is 2.37. The second-order valence-corrected chi connectivity index (χ2v) is 7.42. The number of carbonyl (C=O) groups is 1. The molecule has 0 unspecified atom stereocenters. The van der Waals surface area contributed by atoms with Gasteiger partial charge in [0.1, 0.15) is 17.6 Å². The number of benzene rings is 2. The molecule has 154 valence electrons. The molecule has 0 saturated carbocycles. The van der Waals surface area contributed by atoms with E-state index in [9.17, 15) is 4.79 Å². The van der Waals surface area contributed by atoms with Crippen LogP contribution in [-0.4, -0.2) is 22.9 Å². The van der Waals surface area contributed by atoms with Gasteiger partial charge in [0.2, 0.25) is 6.79 Å². The Morgan fingerprint density at radius 3 is 2.81 bits per heavy atom. The number of anilines is 2. The molecule has 0 radical (unpaired) electrons. The summed E-state index contributed by atoms with van der Waals surface area (Å²) >= 11 is 0. The summed E-state index contributed by atoms with van der Waals surface area (Å²) in [6, 6.07) is 16.7. The zero-order valence-electron chi connectivity index (χ0n) is 16.6. The van der Waals surface area contributed by atoms with E-state index in [1.165, 1.54) is 0 Å². The predicted octanol–water partition coefficient (Wildman–Crippen LogP) is 4.48. The van der Waals surface area contributed by atoms with E-state index >= 15 is 0 Å². The van der Waals surface area contributed by atoms with E-state index in [0.29, 0.717) is 34.2 Å². The van der Waals surface area contributed by atoms with E-state index in [1.54, 1.807) is 11.1 Å². The summed E-state index contributed by atoms with van der Waals surface area (Å²) in [6.07, 6.45) is 1.20. The number of nitrogens with one attached hydrogen (secondary N) is 2. The number of amides is 1. The molecule has 0 fully saturated rings. The zero-order valence-corrected chi connectivity index (χ0v) is 16.6. The van der Waals surface area contributed by atoms with Crippen molar-refractivity contribution in [3.63, 3.8) is 0 Å². The Morgan fingerprint density at radius 1 is 1.06 bits per heavy atom. The molecule has 31 heavy (non-hydrogen) atoms. The van der Waals surface area contributed by atoms with Crippen LogP contribution in [0.1, 0.15) is 27.8 Å². The minimum Gasteiger partial charge on any atom is -0.460 e. The lowest BCUT2D eigenvalue weighted by Gasteiger charge is -2.37. The van der Waals surface area contributed by atoms with Crippen molar-refractivity contribution in [2.45, 2.75) is 13.1 Å². The van der Waals surface area contributed by atoms with Crippen LogP contribution in [0.5, 0.6) is 11.5 Å². The summed E-state index contributed by atoms with van der Waals surface area (Å²) in [5.74, 6) is 2.59. The number of aromatic amines is 1. The number of ether oxygens (including phenoxy) is 2. The number of H-pyrrole nitrogens is 1. The maximum Gasteiger partial charge on any atom is 0.262 e. The van der Waals surface area contributed by atoms with Gasteiger partial charge < -0.3 is 19.2 Å². The van der Waals surface area contributed by atoms with Gasteiger partial charge in [-0.15, -0.1) is 0 Å². The number of aryl methyl sites for hydroxylation is 1. The molecule has 8 heteroatoms. The lowest BCUT2D eigenvalue weighted by atomic mass is 10.0. The number of furan rings is 1. The number of hydrogen-bond donors (Lipinski definition) is 2. The third-order valence-electron chi connectivity index (χ3n) is 5.51. The average Bonchev–Trinajstić information content (AvgIpc) is 3.53.